The van der Waals surface area contributed by atoms with Gasteiger partial charge in [0, 0.05) is 18.7 Å². The zero-order valence-electron chi connectivity index (χ0n) is 14.6. The minimum Gasteiger partial charge on any atom is -0.460 e. The number of aryl methyl sites for hydroxylation is 1. The van der Waals surface area contributed by atoms with E-state index >= 15 is 0 Å². The number of hydrogen-bond acceptors (Lipinski definition) is 4. The third-order valence-corrected chi connectivity index (χ3v) is 3.92. The lowest BCUT2D eigenvalue weighted by molar-refractivity contribution is -0.156. The van der Waals surface area contributed by atoms with Gasteiger partial charge in [-0.05, 0) is 51.7 Å². The Morgan fingerprint density at radius 1 is 1.42 bits per heavy atom. The molecule has 1 aliphatic carbocycles. The van der Waals surface area contributed by atoms with Crippen molar-refractivity contribution in [3.8, 4) is 0 Å². The fraction of sp³-hybridized carbons (Fsp3) is 0.667. The monoisotopic (exact) mass is 340 g/mol. The molecule has 2 rings (SSSR count). The number of halogens is 2. The molecule has 4 nitrogen and oxygen atoms in total. The Morgan fingerprint density at radius 3 is 2.88 bits per heavy atom. The summed E-state index contributed by atoms with van der Waals surface area (Å²) in [4.78, 5) is 15.9. The first-order chi connectivity index (χ1) is 11.2. The highest BCUT2D eigenvalue weighted by atomic mass is 19.3. The Kier molecular flexibility index (Phi) is 5.91. The predicted molar refractivity (Wildman–Crippen MR) is 87.9 cm³/mol. The van der Waals surface area contributed by atoms with E-state index in [1.165, 1.54) is 0 Å². The van der Waals surface area contributed by atoms with Crippen molar-refractivity contribution in [1.29, 1.82) is 0 Å². The van der Waals surface area contributed by atoms with Crippen molar-refractivity contribution in [3.63, 3.8) is 0 Å². The van der Waals surface area contributed by atoms with Gasteiger partial charge in [-0.1, -0.05) is 6.07 Å². The van der Waals surface area contributed by atoms with E-state index in [4.69, 9.17) is 4.74 Å². The molecule has 1 aromatic heterocycles. The van der Waals surface area contributed by atoms with Crippen LogP contribution in [0.1, 0.15) is 63.8 Å². The Hall–Kier alpha value is -1.56. The molecule has 1 atom stereocenters. The highest BCUT2D eigenvalue weighted by molar-refractivity contribution is 5.69. The number of carbonyl (C=O) groups excluding carboxylic acids is 1. The molecule has 1 unspecified atom stereocenters. The minimum absolute atomic E-state index is 0.151. The molecule has 0 fully saturated rings. The first-order valence-electron chi connectivity index (χ1n) is 8.43. The number of nitrogens with one attached hydrogen (secondary N) is 1. The fourth-order valence-corrected chi connectivity index (χ4v) is 2.85. The quantitative estimate of drug-likeness (QED) is 0.800. The van der Waals surface area contributed by atoms with Crippen LogP contribution in [0, 0.1) is 0 Å². The summed E-state index contributed by atoms with van der Waals surface area (Å²) >= 11 is 0. The van der Waals surface area contributed by atoms with Crippen LogP contribution >= 0.6 is 0 Å². The maximum Gasteiger partial charge on any atom is 0.306 e. The van der Waals surface area contributed by atoms with Crippen molar-refractivity contribution in [1.82, 2.24) is 10.3 Å². The van der Waals surface area contributed by atoms with E-state index in [-0.39, 0.29) is 12.5 Å². The normalized spacial score (nSPS) is 18.1. The fourth-order valence-electron chi connectivity index (χ4n) is 2.85. The number of hydrogen-bond donors (Lipinski definition) is 1. The lowest BCUT2D eigenvalue weighted by Gasteiger charge is -2.27. The highest BCUT2D eigenvalue weighted by Gasteiger charge is 2.32. The largest absolute Gasteiger partial charge is 0.460 e. The average molecular weight is 340 g/mol. The minimum atomic E-state index is -2.96. The Labute approximate surface area is 142 Å². The summed E-state index contributed by atoms with van der Waals surface area (Å²) in [6.45, 7) is 4.70. The average Bonchev–Trinajstić information content (AvgIpc) is 2.49. The first-order valence-corrected chi connectivity index (χ1v) is 8.43. The van der Waals surface area contributed by atoms with Crippen LogP contribution in [0.25, 0.3) is 0 Å². The van der Waals surface area contributed by atoms with E-state index in [2.05, 4.69) is 10.3 Å². The van der Waals surface area contributed by atoms with Crippen LogP contribution in [0.2, 0.25) is 0 Å². The molecular formula is C18H26F2N2O2. The second-order valence-electron chi connectivity index (χ2n) is 7.32. The smallest absolute Gasteiger partial charge is 0.306 e. The highest BCUT2D eigenvalue weighted by Crippen LogP contribution is 2.29. The molecular weight excluding hydrogens is 314 g/mol. The molecule has 0 aliphatic heterocycles. The van der Waals surface area contributed by atoms with Gasteiger partial charge in [0.25, 0.3) is 5.92 Å². The van der Waals surface area contributed by atoms with Crippen LogP contribution in [0.3, 0.4) is 0 Å². The number of rotatable bonds is 6. The van der Waals surface area contributed by atoms with Gasteiger partial charge in [0.15, 0.2) is 0 Å². The van der Waals surface area contributed by atoms with E-state index < -0.39 is 30.5 Å². The Bertz CT molecular complexity index is 570. The van der Waals surface area contributed by atoms with E-state index in [0.717, 1.165) is 30.5 Å². The zero-order chi connectivity index (χ0) is 17.8. The van der Waals surface area contributed by atoms with Gasteiger partial charge in [0.2, 0.25) is 0 Å². The lowest BCUT2D eigenvalue weighted by Crippen LogP contribution is -2.37. The molecule has 0 saturated carbocycles. The molecule has 0 aromatic carbocycles. The van der Waals surface area contributed by atoms with Crippen molar-refractivity contribution >= 4 is 5.97 Å². The van der Waals surface area contributed by atoms with Gasteiger partial charge in [0.1, 0.15) is 5.60 Å². The van der Waals surface area contributed by atoms with Gasteiger partial charge in [-0.25, -0.2) is 8.78 Å². The number of pyridine rings is 1. The van der Waals surface area contributed by atoms with Crippen molar-refractivity contribution in [2.45, 2.75) is 70.4 Å². The van der Waals surface area contributed by atoms with Gasteiger partial charge >= 0.3 is 5.97 Å². The molecule has 1 heterocycles. The van der Waals surface area contributed by atoms with Gasteiger partial charge < -0.3 is 10.1 Å². The first kappa shape index (κ1) is 18.8. The number of aromatic nitrogens is 1. The third-order valence-electron chi connectivity index (χ3n) is 3.92. The summed E-state index contributed by atoms with van der Waals surface area (Å²) in [5.74, 6) is -3.55. The molecule has 1 N–H and O–H groups in total. The van der Waals surface area contributed by atoms with Crippen LogP contribution in [-0.4, -0.2) is 29.0 Å². The molecule has 1 aliphatic rings. The second-order valence-corrected chi connectivity index (χ2v) is 7.32. The molecule has 0 amide bonds. The van der Waals surface area contributed by atoms with Crippen molar-refractivity contribution < 1.29 is 18.3 Å². The number of nitrogens with zero attached hydrogens (tertiary/aromatic N) is 1. The molecule has 0 spiro atoms. The van der Waals surface area contributed by atoms with E-state index in [0.29, 0.717) is 0 Å². The van der Waals surface area contributed by atoms with E-state index in [9.17, 15) is 13.6 Å². The van der Waals surface area contributed by atoms with Crippen LogP contribution in [-0.2, 0) is 16.0 Å². The summed E-state index contributed by atoms with van der Waals surface area (Å²) in [6, 6.07) is 3.72. The van der Waals surface area contributed by atoms with E-state index in [1.807, 2.05) is 12.1 Å². The summed E-state index contributed by atoms with van der Waals surface area (Å²) in [7, 11) is 0. The molecule has 6 heteroatoms. The maximum atomic E-state index is 14.1. The predicted octanol–water partition coefficient (Wildman–Crippen LogP) is 3.81. The lowest BCUT2D eigenvalue weighted by atomic mass is 9.92. The van der Waals surface area contributed by atoms with Crippen molar-refractivity contribution in [3.05, 3.63) is 29.6 Å². The molecule has 0 saturated heterocycles. The Balaban J connectivity index is 1.84. The maximum absolute atomic E-state index is 14.1. The topological polar surface area (TPSA) is 51.2 Å². The molecule has 134 valence electrons. The van der Waals surface area contributed by atoms with Gasteiger partial charge in [0.05, 0.1) is 18.7 Å². The number of alkyl halides is 2. The Morgan fingerprint density at radius 2 is 2.17 bits per heavy atom. The van der Waals surface area contributed by atoms with Gasteiger partial charge in [-0.15, -0.1) is 0 Å². The zero-order valence-corrected chi connectivity index (χ0v) is 14.6. The SMILES string of the molecule is CC(C)(C)OC(=O)CCC(F)(F)CNC1CCCc2cccnc21. The molecule has 24 heavy (non-hydrogen) atoms. The van der Waals surface area contributed by atoms with Crippen molar-refractivity contribution in [2.75, 3.05) is 6.54 Å². The molecule has 0 bridgehead atoms. The van der Waals surface area contributed by atoms with Crippen LogP contribution in [0.4, 0.5) is 8.78 Å². The summed E-state index contributed by atoms with van der Waals surface area (Å²) in [5.41, 5.74) is 1.34. The van der Waals surface area contributed by atoms with Crippen LogP contribution < -0.4 is 5.32 Å². The third kappa shape index (κ3) is 5.82. The van der Waals surface area contributed by atoms with E-state index in [1.54, 1.807) is 27.0 Å². The second kappa shape index (κ2) is 7.55. The number of fused-ring (bicyclic) bond motifs is 1. The van der Waals surface area contributed by atoms with Crippen molar-refractivity contribution in [2.24, 2.45) is 0 Å². The number of ether oxygens (including phenoxy) is 1. The summed E-state index contributed by atoms with van der Waals surface area (Å²) < 4.78 is 33.2. The number of carbonyl (C=O) groups is 1. The standard InChI is InChI=1S/C18H26F2N2O2/c1-17(2,3)24-15(23)9-10-18(19,20)12-22-14-8-4-6-13-7-5-11-21-16(13)14/h5,7,11,14,22H,4,6,8-10,12H2,1-3H3. The van der Waals surface area contributed by atoms with Crippen LogP contribution in [0.15, 0.2) is 18.3 Å². The van der Waals surface area contributed by atoms with Gasteiger partial charge in [-0.3, -0.25) is 9.78 Å². The molecule has 1 aromatic rings. The summed E-state index contributed by atoms with van der Waals surface area (Å²) in [5, 5.41) is 2.93. The van der Waals surface area contributed by atoms with Gasteiger partial charge in [-0.2, -0.15) is 0 Å². The number of esters is 1. The molecule has 0 radical (unpaired) electrons. The summed E-state index contributed by atoms with van der Waals surface area (Å²) in [6.07, 6.45) is 3.59. The van der Waals surface area contributed by atoms with Crippen LogP contribution in [0.5, 0.6) is 0 Å².